The van der Waals surface area contributed by atoms with Gasteiger partial charge in [-0.25, -0.2) is 9.59 Å². The molecule has 1 aliphatic rings. The predicted octanol–water partition coefficient (Wildman–Crippen LogP) is 4.56. The number of benzene rings is 1. The normalized spacial score (nSPS) is 15.8. The number of thiophene rings is 1. The predicted molar refractivity (Wildman–Crippen MR) is 118 cm³/mol. The van der Waals surface area contributed by atoms with E-state index in [1.54, 1.807) is 46.1 Å². The van der Waals surface area contributed by atoms with Crippen LogP contribution in [0, 0.1) is 0 Å². The van der Waals surface area contributed by atoms with Gasteiger partial charge in [-0.3, -0.25) is 4.90 Å². The van der Waals surface area contributed by atoms with Crippen LogP contribution in [0.1, 0.15) is 43.7 Å². The maximum Gasteiger partial charge on any atom is 0.411 e. The van der Waals surface area contributed by atoms with Gasteiger partial charge in [0.2, 0.25) is 0 Å². The molecule has 1 aromatic carbocycles. The molecule has 0 aliphatic carbocycles. The van der Waals surface area contributed by atoms with Gasteiger partial charge in [0.15, 0.2) is 11.5 Å². The largest absolute Gasteiger partial charge is 0.493 e. The summed E-state index contributed by atoms with van der Waals surface area (Å²) >= 11 is 1.61. The van der Waals surface area contributed by atoms with Crippen molar-refractivity contribution >= 4 is 23.4 Å². The van der Waals surface area contributed by atoms with Crippen LogP contribution in [0.5, 0.6) is 11.5 Å². The number of amides is 1. The maximum absolute atomic E-state index is 12.9. The maximum atomic E-state index is 12.9. The summed E-state index contributed by atoms with van der Waals surface area (Å²) in [6.07, 6.45) is -0.294. The van der Waals surface area contributed by atoms with Crippen LogP contribution in [-0.2, 0) is 33.8 Å². The van der Waals surface area contributed by atoms with Crippen LogP contribution in [-0.4, -0.2) is 42.3 Å². The zero-order chi connectivity index (χ0) is 22.6. The van der Waals surface area contributed by atoms with Gasteiger partial charge < -0.3 is 18.9 Å². The first kappa shape index (κ1) is 22.9. The molecule has 0 bridgehead atoms. The highest BCUT2D eigenvalue weighted by Gasteiger charge is 2.39. The van der Waals surface area contributed by atoms with E-state index in [1.165, 1.54) is 4.90 Å². The average Bonchev–Trinajstić information content (AvgIpc) is 3.23. The molecule has 8 heteroatoms. The van der Waals surface area contributed by atoms with E-state index >= 15 is 0 Å². The van der Waals surface area contributed by atoms with Crippen LogP contribution in [0.25, 0.3) is 0 Å². The summed E-state index contributed by atoms with van der Waals surface area (Å²) in [6, 6.07) is 6.87. The van der Waals surface area contributed by atoms with Gasteiger partial charge in [0.05, 0.1) is 20.3 Å². The Morgan fingerprint density at radius 1 is 1.23 bits per heavy atom. The molecule has 0 fully saturated rings. The summed E-state index contributed by atoms with van der Waals surface area (Å²) in [4.78, 5) is 28.1. The number of carbonyl (C=O) groups excluding carboxylic acids is 2. The second-order valence-corrected chi connectivity index (χ2v) is 9.22. The molecule has 0 saturated heterocycles. The van der Waals surface area contributed by atoms with Crippen molar-refractivity contribution in [3.63, 3.8) is 0 Å². The SMILES string of the molecule is CCOC(=O)C1Cc2c(ccc(OC)c2OCc2cccs2)CN1C(=O)OC(C)(C)C. The molecule has 2 heterocycles. The van der Waals surface area contributed by atoms with Gasteiger partial charge in [0.1, 0.15) is 18.2 Å². The summed E-state index contributed by atoms with van der Waals surface area (Å²) in [5.74, 6) is 0.709. The molecule has 7 nitrogen and oxygen atoms in total. The first-order valence-electron chi connectivity index (χ1n) is 10.2. The molecule has 0 saturated carbocycles. The highest BCUT2D eigenvalue weighted by Crippen LogP contribution is 2.39. The van der Waals surface area contributed by atoms with E-state index in [0.717, 1.165) is 16.0 Å². The molecule has 1 aromatic heterocycles. The molecule has 0 spiro atoms. The number of hydrogen-bond donors (Lipinski definition) is 0. The zero-order valence-corrected chi connectivity index (χ0v) is 19.4. The number of ether oxygens (including phenoxy) is 4. The molecular formula is C23H29NO6S. The van der Waals surface area contributed by atoms with Gasteiger partial charge in [-0.2, -0.15) is 0 Å². The summed E-state index contributed by atoms with van der Waals surface area (Å²) in [5, 5.41) is 1.99. The molecular weight excluding hydrogens is 418 g/mol. The molecule has 1 aliphatic heterocycles. The van der Waals surface area contributed by atoms with Gasteiger partial charge in [-0.1, -0.05) is 12.1 Å². The van der Waals surface area contributed by atoms with Gasteiger partial charge in [0.25, 0.3) is 0 Å². The first-order valence-corrected chi connectivity index (χ1v) is 11.1. The van der Waals surface area contributed by atoms with Crippen molar-refractivity contribution in [3.8, 4) is 11.5 Å². The molecule has 2 aromatic rings. The van der Waals surface area contributed by atoms with Crippen molar-refractivity contribution < 1.29 is 28.5 Å². The van der Waals surface area contributed by atoms with Gasteiger partial charge in [-0.05, 0) is 50.8 Å². The van der Waals surface area contributed by atoms with E-state index in [-0.39, 0.29) is 19.6 Å². The van der Waals surface area contributed by atoms with Crippen LogP contribution in [0.2, 0.25) is 0 Å². The average molecular weight is 448 g/mol. The Morgan fingerprint density at radius 2 is 2.00 bits per heavy atom. The Morgan fingerprint density at radius 3 is 2.61 bits per heavy atom. The molecule has 0 N–H and O–H groups in total. The van der Waals surface area contributed by atoms with Crippen molar-refractivity contribution in [1.29, 1.82) is 0 Å². The topological polar surface area (TPSA) is 74.3 Å². The molecule has 3 rings (SSSR count). The van der Waals surface area contributed by atoms with Crippen LogP contribution in [0.3, 0.4) is 0 Å². The van der Waals surface area contributed by atoms with E-state index in [0.29, 0.717) is 18.1 Å². The lowest BCUT2D eigenvalue weighted by Crippen LogP contribution is -2.50. The smallest absolute Gasteiger partial charge is 0.411 e. The number of methoxy groups -OCH3 is 1. The fourth-order valence-corrected chi connectivity index (χ4v) is 4.05. The van der Waals surface area contributed by atoms with Crippen LogP contribution in [0.4, 0.5) is 4.79 Å². The fraction of sp³-hybridized carbons (Fsp3) is 0.478. The third-order valence-electron chi connectivity index (χ3n) is 4.78. The zero-order valence-electron chi connectivity index (χ0n) is 18.6. The molecule has 1 amide bonds. The minimum absolute atomic E-state index is 0.215. The van der Waals surface area contributed by atoms with Gasteiger partial charge >= 0.3 is 12.1 Å². The van der Waals surface area contributed by atoms with Gasteiger partial charge in [0, 0.05) is 16.9 Å². The van der Waals surface area contributed by atoms with E-state index in [1.807, 2.05) is 29.6 Å². The fourth-order valence-electron chi connectivity index (χ4n) is 3.43. The summed E-state index contributed by atoms with van der Waals surface area (Å²) in [5.41, 5.74) is 1.05. The van der Waals surface area contributed by atoms with Crippen molar-refractivity contribution in [2.24, 2.45) is 0 Å². The van der Waals surface area contributed by atoms with E-state index in [2.05, 4.69) is 0 Å². The number of carbonyl (C=O) groups is 2. The summed E-state index contributed by atoms with van der Waals surface area (Å²) < 4.78 is 22.5. The molecule has 168 valence electrons. The quantitative estimate of drug-likeness (QED) is 0.605. The van der Waals surface area contributed by atoms with Crippen molar-refractivity contribution in [1.82, 2.24) is 4.90 Å². The van der Waals surface area contributed by atoms with E-state index in [9.17, 15) is 9.59 Å². The van der Waals surface area contributed by atoms with Crippen molar-refractivity contribution in [3.05, 3.63) is 45.6 Å². The number of hydrogen-bond acceptors (Lipinski definition) is 7. The first-order chi connectivity index (χ1) is 14.7. The Bertz CT molecular complexity index is 919. The molecule has 1 unspecified atom stereocenters. The Hall–Kier alpha value is -2.74. The van der Waals surface area contributed by atoms with E-state index < -0.39 is 23.7 Å². The second kappa shape index (κ2) is 9.60. The van der Waals surface area contributed by atoms with Crippen LogP contribution >= 0.6 is 11.3 Å². The summed E-state index contributed by atoms with van der Waals surface area (Å²) in [6.45, 7) is 7.96. The lowest BCUT2D eigenvalue weighted by atomic mass is 9.92. The van der Waals surface area contributed by atoms with Crippen molar-refractivity contribution in [2.45, 2.75) is 58.9 Å². The standard InChI is InChI=1S/C23H29NO6S/c1-6-28-21(25)18-12-17-15(13-24(18)22(26)30-23(2,3)4)9-10-19(27-5)20(17)29-14-16-8-7-11-31-16/h7-11,18H,6,12-14H2,1-5H3. The van der Waals surface area contributed by atoms with Crippen molar-refractivity contribution in [2.75, 3.05) is 13.7 Å². The monoisotopic (exact) mass is 447 g/mol. The van der Waals surface area contributed by atoms with E-state index in [4.69, 9.17) is 18.9 Å². The molecule has 1 atom stereocenters. The van der Waals surface area contributed by atoms with Gasteiger partial charge in [-0.15, -0.1) is 11.3 Å². The third-order valence-corrected chi connectivity index (χ3v) is 5.63. The molecule has 0 radical (unpaired) electrons. The van der Waals surface area contributed by atoms with Crippen LogP contribution in [0.15, 0.2) is 29.6 Å². The summed E-state index contributed by atoms with van der Waals surface area (Å²) in [7, 11) is 1.58. The third kappa shape index (κ3) is 5.50. The Kier molecular flexibility index (Phi) is 7.10. The number of esters is 1. The minimum Gasteiger partial charge on any atom is -0.493 e. The number of nitrogens with zero attached hydrogens (tertiary/aromatic N) is 1. The lowest BCUT2D eigenvalue weighted by Gasteiger charge is -2.37. The Balaban J connectivity index is 1.95. The highest BCUT2D eigenvalue weighted by atomic mass is 32.1. The Labute approximate surface area is 186 Å². The lowest BCUT2D eigenvalue weighted by molar-refractivity contribution is -0.150. The molecule has 31 heavy (non-hydrogen) atoms. The van der Waals surface area contributed by atoms with Crippen LogP contribution < -0.4 is 9.47 Å². The number of rotatable bonds is 6. The minimum atomic E-state index is -0.807. The number of fused-ring (bicyclic) bond motifs is 1. The second-order valence-electron chi connectivity index (χ2n) is 8.18. The highest BCUT2D eigenvalue weighted by molar-refractivity contribution is 7.09.